The summed E-state index contributed by atoms with van der Waals surface area (Å²) < 4.78 is 11.7. The maximum absolute atomic E-state index is 13.4. The molecule has 0 aromatic heterocycles. The molecule has 2 aromatic carbocycles. The van der Waals surface area contributed by atoms with E-state index >= 15 is 0 Å². The summed E-state index contributed by atoms with van der Waals surface area (Å²) in [5, 5.41) is 0. The molecular formula is C29H39N3O4. The second-order valence-electron chi connectivity index (χ2n) is 11.4. The molecule has 1 unspecified atom stereocenters. The lowest BCUT2D eigenvalue weighted by Gasteiger charge is -2.46. The standard InChI is InChI=1S/C29H39N3O4/c1-28(2,3)36-27(34)32-16-12-15-21(25(32)19-13-10-9-11-14-19)30(6)23-17-20-22(18-24(23)35-8)31(7)26(33)29(20,4)5/h9-11,13-14,17-18,21,25H,12,15-16H2,1-8H3/t21?,25-/m0/s1. The first-order valence-corrected chi connectivity index (χ1v) is 12.6. The number of likely N-dealkylation sites (N-methyl/N-ethyl adjacent to an activating group) is 2. The third-order valence-corrected chi connectivity index (χ3v) is 7.42. The van der Waals surface area contributed by atoms with Crippen LogP contribution in [-0.2, 0) is 14.9 Å². The lowest BCUT2D eigenvalue weighted by Crippen LogP contribution is -2.52. The molecule has 0 aliphatic carbocycles. The van der Waals surface area contributed by atoms with E-state index in [0.29, 0.717) is 12.3 Å². The number of ether oxygens (including phenoxy) is 2. The van der Waals surface area contributed by atoms with Crippen LogP contribution in [0.3, 0.4) is 0 Å². The largest absolute Gasteiger partial charge is 0.495 e. The van der Waals surface area contributed by atoms with Crippen molar-refractivity contribution < 1.29 is 19.1 Å². The predicted octanol–water partition coefficient (Wildman–Crippen LogP) is 5.53. The van der Waals surface area contributed by atoms with Gasteiger partial charge in [-0.2, -0.15) is 0 Å². The average Bonchev–Trinajstić information content (AvgIpc) is 3.01. The summed E-state index contributed by atoms with van der Waals surface area (Å²) in [4.78, 5) is 32.1. The third kappa shape index (κ3) is 4.51. The number of piperidine rings is 1. The zero-order chi connectivity index (χ0) is 26.4. The number of anilines is 2. The van der Waals surface area contributed by atoms with Crippen LogP contribution in [0.15, 0.2) is 42.5 Å². The molecule has 2 aromatic rings. The monoisotopic (exact) mass is 493 g/mol. The predicted molar refractivity (Wildman–Crippen MR) is 143 cm³/mol. The van der Waals surface area contributed by atoms with Gasteiger partial charge in [0.25, 0.3) is 0 Å². The van der Waals surface area contributed by atoms with Crippen LogP contribution in [0.1, 0.15) is 64.6 Å². The van der Waals surface area contributed by atoms with E-state index in [1.54, 1.807) is 12.0 Å². The Kier molecular flexibility index (Phi) is 6.71. The van der Waals surface area contributed by atoms with E-state index in [2.05, 4.69) is 30.1 Å². The Morgan fingerprint density at radius 3 is 2.42 bits per heavy atom. The van der Waals surface area contributed by atoms with E-state index in [9.17, 15) is 9.59 Å². The van der Waals surface area contributed by atoms with Crippen molar-refractivity contribution in [2.75, 3.05) is 37.5 Å². The minimum Gasteiger partial charge on any atom is -0.495 e. The van der Waals surface area contributed by atoms with Crippen LogP contribution in [0.25, 0.3) is 0 Å². The average molecular weight is 494 g/mol. The summed E-state index contributed by atoms with van der Waals surface area (Å²) in [6.07, 6.45) is 1.46. The number of rotatable bonds is 4. The van der Waals surface area contributed by atoms with Crippen LogP contribution < -0.4 is 14.5 Å². The van der Waals surface area contributed by atoms with Gasteiger partial charge in [-0.1, -0.05) is 30.3 Å². The minimum atomic E-state index is -0.625. The van der Waals surface area contributed by atoms with Crippen molar-refractivity contribution in [1.82, 2.24) is 4.90 Å². The van der Waals surface area contributed by atoms with Gasteiger partial charge in [0.05, 0.1) is 36.0 Å². The summed E-state index contributed by atoms with van der Waals surface area (Å²) >= 11 is 0. The van der Waals surface area contributed by atoms with Gasteiger partial charge in [0.15, 0.2) is 0 Å². The molecule has 0 radical (unpaired) electrons. The second kappa shape index (κ2) is 9.34. The summed E-state index contributed by atoms with van der Waals surface area (Å²) in [6, 6.07) is 14.0. The number of benzene rings is 2. The molecule has 0 bridgehead atoms. The highest BCUT2D eigenvalue weighted by molar-refractivity contribution is 6.08. The molecule has 36 heavy (non-hydrogen) atoms. The Morgan fingerprint density at radius 2 is 1.81 bits per heavy atom. The summed E-state index contributed by atoms with van der Waals surface area (Å²) in [5.74, 6) is 0.769. The topological polar surface area (TPSA) is 62.3 Å². The maximum Gasteiger partial charge on any atom is 0.410 e. The number of carbonyl (C=O) groups excluding carboxylic acids is 2. The summed E-state index contributed by atoms with van der Waals surface area (Å²) in [5.41, 5.74) is 2.62. The van der Waals surface area contributed by atoms with Crippen molar-refractivity contribution >= 4 is 23.4 Å². The molecule has 4 rings (SSSR count). The molecule has 2 amide bonds. The van der Waals surface area contributed by atoms with Gasteiger partial charge >= 0.3 is 6.09 Å². The highest BCUT2D eigenvalue weighted by atomic mass is 16.6. The number of carbonyl (C=O) groups is 2. The SMILES string of the molecule is COc1cc2c(cc1N(C)C1CCCN(C(=O)OC(C)(C)C)[C@H]1c1ccccc1)C(C)(C)C(=O)N2C. The lowest BCUT2D eigenvalue weighted by molar-refractivity contribution is -0.121. The van der Waals surface area contributed by atoms with E-state index in [1.165, 1.54) is 0 Å². The van der Waals surface area contributed by atoms with Crippen molar-refractivity contribution in [1.29, 1.82) is 0 Å². The highest BCUT2D eigenvalue weighted by Crippen LogP contribution is 2.48. The van der Waals surface area contributed by atoms with E-state index in [0.717, 1.165) is 35.3 Å². The van der Waals surface area contributed by atoms with Gasteiger partial charge in [-0.15, -0.1) is 0 Å². The third-order valence-electron chi connectivity index (χ3n) is 7.42. The Hall–Kier alpha value is -3.22. The van der Waals surface area contributed by atoms with Crippen molar-refractivity contribution in [3.8, 4) is 5.75 Å². The van der Waals surface area contributed by atoms with Gasteiger partial charge in [-0.25, -0.2) is 4.79 Å². The fourth-order valence-electron chi connectivity index (χ4n) is 5.56. The first kappa shape index (κ1) is 25.9. The van der Waals surface area contributed by atoms with Gasteiger partial charge in [-0.05, 0) is 64.7 Å². The molecule has 1 saturated heterocycles. The van der Waals surface area contributed by atoms with Crippen LogP contribution in [0.4, 0.5) is 16.2 Å². The van der Waals surface area contributed by atoms with E-state index < -0.39 is 11.0 Å². The van der Waals surface area contributed by atoms with Crippen LogP contribution in [0.2, 0.25) is 0 Å². The first-order valence-electron chi connectivity index (χ1n) is 12.6. The Labute approximate surface area is 215 Å². The Bertz CT molecular complexity index is 1140. The normalized spacial score (nSPS) is 21.3. The number of likely N-dealkylation sites (tertiary alicyclic amines) is 1. The van der Waals surface area contributed by atoms with E-state index in [4.69, 9.17) is 9.47 Å². The first-order chi connectivity index (χ1) is 16.9. The second-order valence-corrected chi connectivity index (χ2v) is 11.4. The maximum atomic E-state index is 13.4. The minimum absolute atomic E-state index is 0.0152. The molecule has 0 saturated carbocycles. The van der Waals surface area contributed by atoms with Gasteiger partial charge in [0.2, 0.25) is 5.91 Å². The molecule has 194 valence electrons. The van der Waals surface area contributed by atoms with Crippen LogP contribution in [0.5, 0.6) is 5.75 Å². The molecule has 7 heteroatoms. The summed E-state index contributed by atoms with van der Waals surface area (Å²) in [6.45, 7) is 10.2. The molecule has 2 heterocycles. The van der Waals surface area contributed by atoms with E-state index in [1.807, 2.05) is 70.8 Å². The molecule has 7 nitrogen and oxygen atoms in total. The molecule has 2 aliphatic heterocycles. The van der Waals surface area contributed by atoms with Crippen LogP contribution in [-0.4, -0.2) is 56.3 Å². The molecule has 1 fully saturated rings. The fourth-order valence-corrected chi connectivity index (χ4v) is 5.56. The number of fused-ring (bicyclic) bond motifs is 1. The van der Waals surface area contributed by atoms with Gasteiger partial charge in [0.1, 0.15) is 11.4 Å². The smallest absolute Gasteiger partial charge is 0.410 e. The number of nitrogens with zero attached hydrogens (tertiary/aromatic N) is 3. The van der Waals surface area contributed by atoms with E-state index in [-0.39, 0.29) is 24.1 Å². The summed E-state index contributed by atoms with van der Waals surface area (Å²) in [7, 11) is 5.52. The van der Waals surface area contributed by atoms with Gasteiger partial charge in [-0.3, -0.25) is 9.69 Å². The highest BCUT2D eigenvalue weighted by Gasteiger charge is 2.44. The molecular weight excluding hydrogens is 454 g/mol. The zero-order valence-corrected chi connectivity index (χ0v) is 22.8. The number of methoxy groups -OCH3 is 1. The Morgan fingerprint density at radius 1 is 1.14 bits per heavy atom. The van der Waals surface area contributed by atoms with Crippen LogP contribution >= 0.6 is 0 Å². The van der Waals surface area contributed by atoms with Crippen molar-refractivity contribution in [2.45, 2.75) is 70.6 Å². The molecule has 0 N–H and O–H groups in total. The molecule has 2 aliphatic rings. The fraction of sp³-hybridized carbons (Fsp3) is 0.517. The van der Waals surface area contributed by atoms with Crippen molar-refractivity contribution in [2.24, 2.45) is 0 Å². The zero-order valence-electron chi connectivity index (χ0n) is 22.8. The lowest BCUT2D eigenvalue weighted by atomic mass is 9.85. The Balaban J connectivity index is 1.78. The number of hydrogen-bond acceptors (Lipinski definition) is 5. The molecule has 0 spiro atoms. The molecule has 2 atom stereocenters. The van der Waals surface area contributed by atoms with Crippen molar-refractivity contribution in [3.63, 3.8) is 0 Å². The van der Waals surface area contributed by atoms with Gasteiger partial charge in [0, 0.05) is 26.7 Å². The number of hydrogen-bond donors (Lipinski definition) is 0. The number of amides is 2. The van der Waals surface area contributed by atoms with Gasteiger partial charge < -0.3 is 19.3 Å². The van der Waals surface area contributed by atoms with Crippen LogP contribution in [0, 0.1) is 0 Å². The van der Waals surface area contributed by atoms with Crippen molar-refractivity contribution in [3.05, 3.63) is 53.6 Å². The quantitative estimate of drug-likeness (QED) is 0.561.